The lowest BCUT2D eigenvalue weighted by Gasteiger charge is -2.36. The number of hydrogen-bond donors (Lipinski definition) is 0. The first-order chi connectivity index (χ1) is 45.0. The standard InChI is InChI=1S/C85H82N4O4/c1-59-58-82(93-11)56-57-83(59)89(78-48-54-81(92-10)55-49-78)77-38-22-65(23-39-77)64-18-34-71(35-19-64)87(74-42-26-67(27-43-74)85(5,6)7)70-30-14-61(15-31-70)60-12-28-68(29-13-60)86(73-40-24-66(25-41-73)84(2,3)4)69-32-16-62(17-33-69)63-20-36-72(37-21-63)88(75-44-50-79(90-8)51-45-75)76-46-52-80(91-9)53-47-76/h12-59,83H,1-11H3. The molecule has 1 aliphatic rings. The van der Waals surface area contributed by atoms with E-state index in [1.807, 2.05) is 36.4 Å². The number of hydrogen-bond acceptors (Lipinski definition) is 8. The number of rotatable bonds is 19. The maximum atomic E-state index is 5.61. The Bertz CT molecular complexity index is 4280. The average Bonchev–Trinajstić information content (AvgIpc) is 0.968. The van der Waals surface area contributed by atoms with Crippen LogP contribution in [-0.4, -0.2) is 34.5 Å². The Morgan fingerprint density at radius 1 is 0.269 bits per heavy atom. The zero-order valence-electron chi connectivity index (χ0n) is 55.2. The second-order valence-electron chi connectivity index (χ2n) is 25.8. The first-order valence-corrected chi connectivity index (χ1v) is 31.9. The molecule has 2 unspecified atom stereocenters. The average molecular weight is 1220 g/mol. The molecule has 0 aliphatic heterocycles. The lowest BCUT2D eigenvalue weighted by molar-refractivity contribution is 0.299. The van der Waals surface area contributed by atoms with Crippen LogP contribution in [0.4, 0.5) is 62.6 Å². The zero-order valence-corrected chi connectivity index (χ0v) is 55.2. The van der Waals surface area contributed by atoms with Crippen molar-refractivity contribution in [3.8, 4) is 50.6 Å². The van der Waals surface area contributed by atoms with Gasteiger partial charge in [-0.1, -0.05) is 152 Å². The molecule has 0 amide bonds. The third-order valence-corrected chi connectivity index (χ3v) is 17.7. The summed E-state index contributed by atoms with van der Waals surface area (Å²) in [5.41, 5.74) is 21.2. The predicted octanol–water partition coefficient (Wildman–Crippen LogP) is 23.0. The van der Waals surface area contributed by atoms with Crippen LogP contribution in [0.5, 0.6) is 17.2 Å². The van der Waals surface area contributed by atoms with Gasteiger partial charge in [0.2, 0.25) is 0 Å². The van der Waals surface area contributed by atoms with Gasteiger partial charge in [-0.3, -0.25) is 0 Å². The number of ether oxygens (including phenoxy) is 4. The van der Waals surface area contributed by atoms with Crippen molar-refractivity contribution in [3.05, 3.63) is 302 Å². The number of benzene rings is 11. The molecule has 0 spiro atoms. The Kier molecular flexibility index (Phi) is 18.2. The molecule has 0 bridgehead atoms. The summed E-state index contributed by atoms with van der Waals surface area (Å²) in [6, 6.07) is 96.2. The summed E-state index contributed by atoms with van der Waals surface area (Å²) in [7, 11) is 6.81. The molecule has 11 aromatic carbocycles. The zero-order chi connectivity index (χ0) is 64.8. The highest BCUT2D eigenvalue weighted by Crippen LogP contribution is 2.43. The minimum absolute atomic E-state index is 0.0225. The SMILES string of the molecule is COC1=CC(C)C(N(c2ccc(OC)cc2)c2ccc(-c3ccc(N(c4ccc(-c5ccc(N(c6ccc(-c7ccc(N(c8ccc(OC)cc8)c8ccc(OC)cc8)cc7)cc6)c6ccc(C(C)(C)C)cc6)cc5)cc4)c4ccc(C(C)(C)C)cc4)cc3)cc2)C=C1. The minimum atomic E-state index is 0.0225. The molecule has 0 heterocycles. The maximum absolute atomic E-state index is 5.61. The van der Waals surface area contributed by atoms with Crippen LogP contribution in [0.3, 0.4) is 0 Å². The van der Waals surface area contributed by atoms with Gasteiger partial charge < -0.3 is 38.5 Å². The molecule has 0 aromatic heterocycles. The highest BCUT2D eigenvalue weighted by molar-refractivity contribution is 5.84. The molecular weight excluding hydrogens is 1140 g/mol. The molecule has 12 rings (SSSR count). The number of nitrogens with zero attached hydrogens (tertiary/aromatic N) is 4. The van der Waals surface area contributed by atoms with Gasteiger partial charge >= 0.3 is 0 Å². The molecule has 0 saturated heterocycles. The summed E-state index contributed by atoms with van der Waals surface area (Å²) in [5.74, 6) is 3.54. The van der Waals surface area contributed by atoms with E-state index >= 15 is 0 Å². The molecule has 0 fully saturated rings. The smallest absolute Gasteiger partial charge is 0.119 e. The lowest BCUT2D eigenvalue weighted by Crippen LogP contribution is -2.35. The van der Waals surface area contributed by atoms with Gasteiger partial charge in [0.1, 0.15) is 23.0 Å². The molecule has 93 heavy (non-hydrogen) atoms. The van der Waals surface area contributed by atoms with Crippen molar-refractivity contribution in [2.24, 2.45) is 5.92 Å². The molecule has 8 nitrogen and oxygen atoms in total. The van der Waals surface area contributed by atoms with E-state index in [1.54, 1.807) is 28.4 Å². The minimum Gasteiger partial charge on any atom is -0.497 e. The van der Waals surface area contributed by atoms with Crippen LogP contribution in [0.2, 0.25) is 0 Å². The first kappa shape index (κ1) is 62.5. The second-order valence-corrected chi connectivity index (χ2v) is 25.8. The normalized spacial score (nSPS) is 13.8. The van der Waals surface area contributed by atoms with Crippen molar-refractivity contribution in [2.45, 2.75) is 65.3 Å². The Balaban J connectivity index is 0.807. The predicted molar refractivity (Wildman–Crippen MR) is 390 cm³/mol. The Labute approximate surface area is 550 Å². The Morgan fingerprint density at radius 3 is 0.699 bits per heavy atom. The van der Waals surface area contributed by atoms with Crippen LogP contribution in [0.15, 0.2) is 291 Å². The van der Waals surface area contributed by atoms with Crippen LogP contribution in [0, 0.1) is 5.92 Å². The van der Waals surface area contributed by atoms with Gasteiger partial charge in [0.25, 0.3) is 0 Å². The van der Waals surface area contributed by atoms with Crippen LogP contribution in [0.25, 0.3) is 33.4 Å². The molecule has 0 saturated carbocycles. The molecule has 0 N–H and O–H groups in total. The summed E-state index contributed by atoms with van der Waals surface area (Å²) in [6.45, 7) is 15.8. The van der Waals surface area contributed by atoms with Crippen molar-refractivity contribution in [1.82, 2.24) is 0 Å². The molecule has 466 valence electrons. The summed E-state index contributed by atoms with van der Waals surface area (Å²) in [4.78, 5) is 9.34. The summed E-state index contributed by atoms with van der Waals surface area (Å²) in [6.07, 6.45) is 6.50. The number of methoxy groups -OCH3 is 4. The largest absolute Gasteiger partial charge is 0.497 e. The van der Waals surface area contributed by atoms with Crippen LogP contribution < -0.4 is 33.8 Å². The van der Waals surface area contributed by atoms with Crippen LogP contribution in [0.1, 0.15) is 59.6 Å². The van der Waals surface area contributed by atoms with Gasteiger partial charge in [0.05, 0.1) is 34.5 Å². The third-order valence-electron chi connectivity index (χ3n) is 17.7. The van der Waals surface area contributed by atoms with Gasteiger partial charge in [-0.05, 0) is 237 Å². The van der Waals surface area contributed by atoms with Crippen molar-refractivity contribution < 1.29 is 18.9 Å². The summed E-state index contributed by atoms with van der Waals surface area (Å²) < 4.78 is 22.1. The lowest BCUT2D eigenvalue weighted by atomic mass is 9.87. The molecule has 2 atom stereocenters. The molecule has 8 heteroatoms. The van der Waals surface area contributed by atoms with Crippen molar-refractivity contribution in [3.63, 3.8) is 0 Å². The monoisotopic (exact) mass is 1220 g/mol. The fourth-order valence-electron chi connectivity index (χ4n) is 12.3. The highest BCUT2D eigenvalue weighted by atomic mass is 16.5. The van der Waals surface area contributed by atoms with E-state index in [-0.39, 0.29) is 22.8 Å². The first-order valence-electron chi connectivity index (χ1n) is 31.9. The van der Waals surface area contributed by atoms with E-state index in [9.17, 15) is 0 Å². The Hall–Kier alpha value is -10.7. The van der Waals surface area contributed by atoms with E-state index < -0.39 is 0 Å². The Morgan fingerprint density at radius 2 is 0.484 bits per heavy atom. The van der Waals surface area contributed by atoms with Gasteiger partial charge in [0, 0.05) is 68.5 Å². The summed E-state index contributed by atoms with van der Waals surface area (Å²) in [5, 5.41) is 0. The van der Waals surface area contributed by atoms with E-state index in [2.05, 4.69) is 317 Å². The van der Waals surface area contributed by atoms with Crippen LogP contribution in [-0.2, 0) is 15.6 Å². The highest BCUT2D eigenvalue weighted by Gasteiger charge is 2.27. The van der Waals surface area contributed by atoms with Gasteiger partial charge in [0.15, 0.2) is 0 Å². The van der Waals surface area contributed by atoms with Crippen molar-refractivity contribution in [1.29, 1.82) is 0 Å². The quantitative estimate of drug-likeness (QED) is 0.0794. The molecule has 1 aliphatic carbocycles. The second kappa shape index (κ2) is 27.0. The van der Waals surface area contributed by atoms with E-state index in [0.717, 1.165) is 119 Å². The van der Waals surface area contributed by atoms with Gasteiger partial charge in [-0.25, -0.2) is 0 Å². The van der Waals surface area contributed by atoms with Crippen molar-refractivity contribution in [2.75, 3.05) is 48.0 Å². The molecular formula is C85H82N4O4. The third kappa shape index (κ3) is 13.8. The van der Waals surface area contributed by atoms with E-state index in [4.69, 9.17) is 18.9 Å². The summed E-state index contributed by atoms with van der Waals surface area (Å²) >= 11 is 0. The molecule has 0 radical (unpaired) electrons. The fraction of sp³-hybridized carbons (Fsp3) is 0.176. The van der Waals surface area contributed by atoms with E-state index in [0.29, 0.717) is 0 Å². The van der Waals surface area contributed by atoms with E-state index in [1.165, 1.54) is 11.1 Å². The van der Waals surface area contributed by atoms with Gasteiger partial charge in [-0.2, -0.15) is 0 Å². The topological polar surface area (TPSA) is 49.9 Å². The van der Waals surface area contributed by atoms with Gasteiger partial charge in [-0.15, -0.1) is 0 Å². The van der Waals surface area contributed by atoms with Crippen molar-refractivity contribution >= 4 is 62.6 Å². The van der Waals surface area contributed by atoms with Crippen LogP contribution >= 0.6 is 0 Å². The number of allylic oxidation sites excluding steroid dienone is 1. The molecule has 11 aromatic rings. The number of anilines is 11. The fourth-order valence-corrected chi connectivity index (χ4v) is 12.3. The maximum Gasteiger partial charge on any atom is 0.119 e.